The fraction of sp³-hybridized carbons (Fsp3) is 0.600. The van der Waals surface area contributed by atoms with E-state index in [4.69, 9.17) is 9.47 Å². The van der Waals surface area contributed by atoms with E-state index in [2.05, 4.69) is 12.2 Å². The van der Waals surface area contributed by atoms with Gasteiger partial charge in [0.05, 0.1) is 6.04 Å². The van der Waals surface area contributed by atoms with E-state index in [1.54, 1.807) is 14.2 Å². The van der Waals surface area contributed by atoms with Crippen LogP contribution in [-0.4, -0.2) is 32.6 Å². The molecule has 4 heteroatoms. The van der Waals surface area contributed by atoms with Crippen LogP contribution < -0.4 is 5.32 Å². The van der Waals surface area contributed by atoms with Crippen molar-refractivity contribution in [1.82, 2.24) is 5.32 Å². The van der Waals surface area contributed by atoms with Crippen LogP contribution in [0.5, 0.6) is 0 Å². The van der Waals surface area contributed by atoms with Crippen LogP contribution in [0.1, 0.15) is 31.2 Å². The number of ether oxygens (including phenoxy) is 2. The van der Waals surface area contributed by atoms with Gasteiger partial charge >= 0.3 is 0 Å². The Morgan fingerprint density at radius 3 is 2.26 bits per heavy atom. The molecule has 2 rings (SSSR count). The third kappa shape index (κ3) is 3.53. The molecule has 1 atom stereocenters. The zero-order chi connectivity index (χ0) is 13.8. The Labute approximate surface area is 114 Å². The summed E-state index contributed by atoms with van der Waals surface area (Å²) in [4.78, 5) is 0. The fourth-order valence-corrected chi connectivity index (χ4v) is 2.72. The Bertz CT molecular complexity index is 386. The first kappa shape index (κ1) is 14.4. The number of hydrogen-bond donors (Lipinski definition) is 1. The Hall–Kier alpha value is -0.970. The molecule has 0 amide bonds. The predicted octanol–water partition coefficient (Wildman–Crippen LogP) is 2.67. The van der Waals surface area contributed by atoms with Gasteiger partial charge in [-0.25, -0.2) is 4.39 Å². The molecule has 0 spiro atoms. The maximum Gasteiger partial charge on any atom is 0.171 e. The monoisotopic (exact) mass is 267 g/mol. The van der Waals surface area contributed by atoms with Crippen LogP contribution in [0.2, 0.25) is 0 Å². The lowest BCUT2D eigenvalue weighted by Crippen LogP contribution is -2.49. The second kappa shape index (κ2) is 6.46. The van der Waals surface area contributed by atoms with Gasteiger partial charge in [0.25, 0.3) is 0 Å². The molecule has 0 aromatic heterocycles. The lowest BCUT2D eigenvalue weighted by Gasteiger charge is -2.39. The van der Waals surface area contributed by atoms with Crippen LogP contribution >= 0.6 is 0 Å². The van der Waals surface area contributed by atoms with Crippen LogP contribution in [0.4, 0.5) is 4.39 Å². The van der Waals surface area contributed by atoms with E-state index in [0.717, 1.165) is 12.8 Å². The lowest BCUT2D eigenvalue weighted by molar-refractivity contribution is -0.122. The van der Waals surface area contributed by atoms with E-state index in [0.29, 0.717) is 12.0 Å². The molecule has 19 heavy (non-hydrogen) atoms. The van der Waals surface area contributed by atoms with Crippen LogP contribution in [0, 0.1) is 5.82 Å². The van der Waals surface area contributed by atoms with Crippen LogP contribution in [0.15, 0.2) is 24.3 Å². The largest absolute Gasteiger partial charge is 0.354 e. The number of halogens is 1. The van der Waals surface area contributed by atoms with Gasteiger partial charge in [-0.1, -0.05) is 12.1 Å². The molecule has 1 aromatic carbocycles. The van der Waals surface area contributed by atoms with E-state index < -0.39 is 0 Å². The highest BCUT2D eigenvalue weighted by molar-refractivity contribution is 5.23. The summed E-state index contributed by atoms with van der Waals surface area (Å²) in [5.41, 5.74) is 1.22. The van der Waals surface area contributed by atoms with Crippen molar-refractivity contribution < 1.29 is 13.9 Å². The number of benzene rings is 1. The molecule has 0 saturated heterocycles. The number of nitrogens with one attached hydrogen (secondary N) is 1. The van der Waals surface area contributed by atoms with E-state index in [9.17, 15) is 4.39 Å². The number of rotatable bonds is 6. The molecule has 1 aliphatic carbocycles. The topological polar surface area (TPSA) is 30.5 Å². The molecule has 0 radical (unpaired) electrons. The molecule has 0 heterocycles. The third-order valence-corrected chi connectivity index (χ3v) is 3.85. The van der Waals surface area contributed by atoms with Crippen LogP contribution in [0.3, 0.4) is 0 Å². The summed E-state index contributed by atoms with van der Waals surface area (Å²) in [7, 11) is 3.29. The average Bonchev–Trinajstić information content (AvgIpc) is 2.36. The molecule has 1 aliphatic rings. The fourth-order valence-electron chi connectivity index (χ4n) is 2.72. The third-order valence-electron chi connectivity index (χ3n) is 3.85. The quantitative estimate of drug-likeness (QED) is 0.804. The highest BCUT2D eigenvalue weighted by Crippen LogP contribution is 2.37. The standard InChI is InChI=1S/C15H22FNO2/c1-10(15(18-2)19-3)17-14-8-12(9-14)11-4-6-13(16)7-5-11/h4-7,10,12,14-15,17H,8-9H2,1-3H3. The summed E-state index contributed by atoms with van der Waals surface area (Å²) in [6, 6.07) is 7.47. The molecule has 3 nitrogen and oxygen atoms in total. The molecule has 1 saturated carbocycles. The van der Waals surface area contributed by atoms with Crippen molar-refractivity contribution in [3.05, 3.63) is 35.6 Å². The minimum atomic E-state index is -0.218. The zero-order valence-corrected chi connectivity index (χ0v) is 11.7. The summed E-state index contributed by atoms with van der Waals surface area (Å²) in [5.74, 6) is 0.364. The minimum Gasteiger partial charge on any atom is -0.354 e. The Morgan fingerprint density at radius 1 is 1.16 bits per heavy atom. The highest BCUT2D eigenvalue weighted by atomic mass is 19.1. The molecule has 1 unspecified atom stereocenters. The van der Waals surface area contributed by atoms with Gasteiger partial charge in [0.2, 0.25) is 0 Å². The molecule has 0 bridgehead atoms. The van der Waals surface area contributed by atoms with Gasteiger partial charge in [-0.15, -0.1) is 0 Å². The van der Waals surface area contributed by atoms with E-state index in [1.807, 2.05) is 12.1 Å². The van der Waals surface area contributed by atoms with Crippen molar-refractivity contribution in [2.45, 2.75) is 44.1 Å². The summed E-state index contributed by atoms with van der Waals surface area (Å²) in [5, 5.41) is 3.51. The Kier molecular flexibility index (Phi) is 4.91. The van der Waals surface area contributed by atoms with E-state index in [-0.39, 0.29) is 18.1 Å². The van der Waals surface area contributed by atoms with Crippen molar-refractivity contribution in [1.29, 1.82) is 0 Å². The molecular weight excluding hydrogens is 245 g/mol. The van der Waals surface area contributed by atoms with Gasteiger partial charge in [-0.3, -0.25) is 0 Å². The van der Waals surface area contributed by atoms with Gasteiger partial charge in [0, 0.05) is 20.3 Å². The molecule has 106 valence electrons. The lowest BCUT2D eigenvalue weighted by atomic mass is 9.75. The SMILES string of the molecule is COC(OC)C(C)NC1CC(c2ccc(F)cc2)C1. The summed E-state index contributed by atoms with van der Waals surface area (Å²) >= 11 is 0. The number of methoxy groups -OCH3 is 2. The summed E-state index contributed by atoms with van der Waals surface area (Å²) in [6.45, 7) is 2.06. The molecule has 1 aromatic rings. The van der Waals surface area contributed by atoms with Gasteiger partial charge in [-0.2, -0.15) is 0 Å². The highest BCUT2D eigenvalue weighted by Gasteiger charge is 2.32. The summed E-state index contributed by atoms with van der Waals surface area (Å²) in [6.07, 6.45) is 1.94. The normalized spacial score (nSPS) is 24.3. The van der Waals surface area contributed by atoms with Gasteiger partial charge < -0.3 is 14.8 Å². The van der Waals surface area contributed by atoms with Crippen molar-refractivity contribution in [3.63, 3.8) is 0 Å². The number of hydrogen-bond acceptors (Lipinski definition) is 3. The first-order valence-corrected chi connectivity index (χ1v) is 6.71. The summed E-state index contributed by atoms with van der Waals surface area (Å²) < 4.78 is 23.3. The molecule has 0 aliphatic heterocycles. The first-order valence-electron chi connectivity index (χ1n) is 6.71. The average molecular weight is 267 g/mol. The molecule has 1 fully saturated rings. The van der Waals surface area contributed by atoms with E-state index in [1.165, 1.54) is 17.7 Å². The predicted molar refractivity (Wildman–Crippen MR) is 72.6 cm³/mol. The van der Waals surface area contributed by atoms with Crippen molar-refractivity contribution in [3.8, 4) is 0 Å². The minimum absolute atomic E-state index is 0.161. The second-order valence-electron chi connectivity index (χ2n) is 5.21. The molecular formula is C15H22FNO2. The molecule has 1 N–H and O–H groups in total. The Balaban J connectivity index is 1.78. The Morgan fingerprint density at radius 2 is 1.74 bits per heavy atom. The van der Waals surface area contributed by atoms with Gasteiger partial charge in [0.15, 0.2) is 6.29 Å². The van der Waals surface area contributed by atoms with E-state index >= 15 is 0 Å². The maximum atomic E-state index is 12.8. The van der Waals surface area contributed by atoms with Crippen molar-refractivity contribution in [2.24, 2.45) is 0 Å². The maximum absolute atomic E-state index is 12.8. The first-order chi connectivity index (χ1) is 9.13. The van der Waals surface area contributed by atoms with Gasteiger partial charge in [-0.05, 0) is 43.4 Å². The second-order valence-corrected chi connectivity index (χ2v) is 5.21. The van der Waals surface area contributed by atoms with Crippen LogP contribution in [-0.2, 0) is 9.47 Å². The van der Waals surface area contributed by atoms with Crippen molar-refractivity contribution >= 4 is 0 Å². The smallest absolute Gasteiger partial charge is 0.171 e. The van der Waals surface area contributed by atoms with Crippen molar-refractivity contribution in [2.75, 3.05) is 14.2 Å². The zero-order valence-electron chi connectivity index (χ0n) is 11.7. The van der Waals surface area contributed by atoms with Crippen LogP contribution in [0.25, 0.3) is 0 Å². The van der Waals surface area contributed by atoms with Gasteiger partial charge in [0.1, 0.15) is 5.82 Å².